The third-order valence-corrected chi connectivity index (χ3v) is 5.15. The predicted octanol–water partition coefficient (Wildman–Crippen LogP) is 4.85. The smallest absolute Gasteiger partial charge is 0.436 e. The number of aromatic nitrogens is 4. The van der Waals surface area contributed by atoms with Crippen LogP contribution >= 0.6 is 0 Å². The highest BCUT2D eigenvalue weighted by Crippen LogP contribution is 2.15. The summed E-state index contributed by atoms with van der Waals surface area (Å²) in [5.74, 6) is -0.114. The molecule has 3 amide bonds. The lowest BCUT2D eigenvalue weighted by Gasteiger charge is -2.18. The lowest BCUT2D eigenvalue weighted by Crippen LogP contribution is -2.24. The zero-order valence-corrected chi connectivity index (χ0v) is 23.3. The van der Waals surface area contributed by atoms with Gasteiger partial charge in [-0.1, -0.05) is 12.1 Å². The zero-order chi connectivity index (χ0) is 30.8. The number of ether oxygens (including phenoxy) is 1. The number of rotatable bonds is 6. The van der Waals surface area contributed by atoms with Crippen LogP contribution < -0.4 is 16.0 Å². The van der Waals surface area contributed by atoms with Crippen molar-refractivity contribution in [2.75, 3.05) is 16.0 Å². The molecule has 0 aliphatic heterocycles. The molecule has 0 radical (unpaired) electrons. The van der Waals surface area contributed by atoms with Crippen molar-refractivity contribution >= 4 is 47.0 Å². The van der Waals surface area contributed by atoms with Gasteiger partial charge in [-0.05, 0) is 69.3 Å². The van der Waals surface area contributed by atoms with Gasteiger partial charge in [-0.2, -0.15) is 9.98 Å². The van der Waals surface area contributed by atoms with Crippen LogP contribution in [0.2, 0.25) is 0 Å². The number of hydrogen-bond acceptors (Lipinski definition) is 8. The fraction of sp³-hybridized carbons (Fsp3) is 0.138. The molecule has 43 heavy (non-hydrogen) atoms. The van der Waals surface area contributed by atoms with E-state index in [1.54, 1.807) is 81.6 Å². The molecule has 0 aliphatic carbocycles. The second-order valence-corrected chi connectivity index (χ2v) is 9.68. The Hall–Kier alpha value is -6.05. The van der Waals surface area contributed by atoms with E-state index >= 15 is 0 Å². The molecule has 0 spiro atoms. The third-order valence-electron chi connectivity index (χ3n) is 5.15. The Morgan fingerprint density at radius 3 is 1.74 bits per heavy atom. The van der Waals surface area contributed by atoms with Gasteiger partial charge >= 0.3 is 12.2 Å². The van der Waals surface area contributed by atoms with Gasteiger partial charge in [0.25, 0.3) is 5.91 Å². The number of anilines is 3. The van der Waals surface area contributed by atoms with E-state index in [0.29, 0.717) is 22.8 Å². The number of amidine groups is 2. The van der Waals surface area contributed by atoms with E-state index in [1.807, 2.05) is 0 Å². The Labute approximate surface area is 246 Å². The molecule has 4 rings (SSSR count). The van der Waals surface area contributed by atoms with Gasteiger partial charge in [0.1, 0.15) is 28.5 Å². The minimum absolute atomic E-state index is 0.00680. The summed E-state index contributed by atoms with van der Waals surface area (Å²) in [6, 6.07) is 16.4. The topological polar surface area (TPSA) is 193 Å². The van der Waals surface area contributed by atoms with Crippen molar-refractivity contribution in [2.45, 2.75) is 26.4 Å². The van der Waals surface area contributed by atoms with E-state index < -0.39 is 23.7 Å². The SMILES string of the molecule is CC(C)(C)OC(=O)N=C(Nc1ccc(NC(=O)c2ccc(NC(=NC(=O)O)c3ccccn3)cn2)nc1)c1ccccn1. The molecule has 0 unspecified atom stereocenters. The van der Waals surface area contributed by atoms with Gasteiger partial charge in [0.05, 0.1) is 23.8 Å². The summed E-state index contributed by atoms with van der Waals surface area (Å²) >= 11 is 0. The van der Waals surface area contributed by atoms with Crippen molar-refractivity contribution < 1.29 is 24.2 Å². The normalized spacial score (nSPS) is 11.8. The molecule has 4 aromatic heterocycles. The highest BCUT2D eigenvalue weighted by Gasteiger charge is 2.18. The molecule has 4 heterocycles. The molecule has 0 fully saturated rings. The Balaban J connectivity index is 1.42. The first-order chi connectivity index (χ1) is 20.6. The molecule has 0 saturated carbocycles. The Morgan fingerprint density at radius 2 is 1.28 bits per heavy atom. The number of pyridine rings is 4. The summed E-state index contributed by atoms with van der Waals surface area (Å²) in [5.41, 5.74) is 0.972. The molecular formula is C29H27N9O5. The van der Waals surface area contributed by atoms with Crippen LogP contribution in [0.15, 0.2) is 95.4 Å². The summed E-state index contributed by atoms with van der Waals surface area (Å²) in [6.07, 6.45) is 3.71. The van der Waals surface area contributed by atoms with Crippen LogP contribution in [0.4, 0.5) is 26.8 Å². The third kappa shape index (κ3) is 9.24. The Bertz CT molecular complexity index is 1640. The molecule has 14 nitrogen and oxygen atoms in total. The largest absolute Gasteiger partial charge is 0.463 e. The van der Waals surface area contributed by atoms with Crippen molar-refractivity contribution in [3.8, 4) is 0 Å². The lowest BCUT2D eigenvalue weighted by molar-refractivity contribution is 0.0604. The number of hydrogen-bond donors (Lipinski definition) is 4. The van der Waals surface area contributed by atoms with Crippen LogP contribution in [-0.2, 0) is 4.74 Å². The minimum atomic E-state index is -1.39. The number of carboxylic acid groups (broad SMARTS) is 1. The van der Waals surface area contributed by atoms with Crippen molar-refractivity contribution in [3.63, 3.8) is 0 Å². The monoisotopic (exact) mass is 581 g/mol. The number of carbonyl (C=O) groups is 3. The fourth-order valence-electron chi connectivity index (χ4n) is 3.37. The molecule has 218 valence electrons. The van der Waals surface area contributed by atoms with Gasteiger partial charge in [-0.15, -0.1) is 0 Å². The van der Waals surface area contributed by atoms with Crippen LogP contribution in [0, 0.1) is 0 Å². The second kappa shape index (κ2) is 13.5. The summed E-state index contributed by atoms with van der Waals surface area (Å²) < 4.78 is 5.29. The van der Waals surface area contributed by atoms with Crippen LogP contribution in [0.1, 0.15) is 42.6 Å². The van der Waals surface area contributed by atoms with Crippen LogP contribution in [-0.4, -0.2) is 60.4 Å². The lowest BCUT2D eigenvalue weighted by atomic mass is 10.2. The predicted molar refractivity (Wildman–Crippen MR) is 159 cm³/mol. The van der Waals surface area contributed by atoms with Crippen molar-refractivity contribution in [1.82, 2.24) is 19.9 Å². The van der Waals surface area contributed by atoms with Gasteiger partial charge < -0.3 is 25.8 Å². The molecule has 0 aromatic carbocycles. The summed E-state index contributed by atoms with van der Waals surface area (Å²) in [6.45, 7) is 5.22. The summed E-state index contributed by atoms with van der Waals surface area (Å²) in [5, 5.41) is 17.6. The van der Waals surface area contributed by atoms with Gasteiger partial charge in [0.15, 0.2) is 11.7 Å². The van der Waals surface area contributed by atoms with Crippen LogP contribution in [0.3, 0.4) is 0 Å². The molecule has 0 saturated heterocycles. The zero-order valence-electron chi connectivity index (χ0n) is 23.3. The molecule has 0 atom stereocenters. The van der Waals surface area contributed by atoms with Crippen molar-refractivity contribution in [2.24, 2.45) is 9.98 Å². The van der Waals surface area contributed by atoms with Gasteiger partial charge in [-0.25, -0.2) is 19.6 Å². The average molecular weight is 582 g/mol. The number of nitrogens with zero attached hydrogens (tertiary/aromatic N) is 6. The van der Waals surface area contributed by atoms with E-state index in [1.165, 1.54) is 24.7 Å². The molecule has 0 aliphatic rings. The maximum Gasteiger partial charge on any atom is 0.436 e. The Kier molecular flexibility index (Phi) is 9.42. The summed E-state index contributed by atoms with van der Waals surface area (Å²) in [4.78, 5) is 60.5. The van der Waals surface area contributed by atoms with E-state index in [0.717, 1.165) is 0 Å². The van der Waals surface area contributed by atoms with Crippen LogP contribution in [0.25, 0.3) is 0 Å². The maximum atomic E-state index is 12.8. The highest BCUT2D eigenvalue weighted by atomic mass is 16.6. The van der Waals surface area contributed by atoms with E-state index in [9.17, 15) is 14.4 Å². The fourth-order valence-corrected chi connectivity index (χ4v) is 3.37. The molecule has 0 bridgehead atoms. The van der Waals surface area contributed by atoms with E-state index in [4.69, 9.17) is 9.84 Å². The minimum Gasteiger partial charge on any atom is -0.463 e. The van der Waals surface area contributed by atoms with Crippen molar-refractivity contribution in [3.05, 3.63) is 103 Å². The quantitative estimate of drug-likeness (QED) is 0.180. The first kappa shape index (κ1) is 29.9. The molecule has 4 aromatic rings. The Morgan fingerprint density at radius 1 is 0.698 bits per heavy atom. The summed E-state index contributed by atoms with van der Waals surface area (Å²) in [7, 11) is 0. The first-order valence-corrected chi connectivity index (χ1v) is 12.8. The number of amides is 3. The number of aliphatic imine (C=N–C) groups is 2. The van der Waals surface area contributed by atoms with Gasteiger partial charge in [0, 0.05) is 12.4 Å². The van der Waals surface area contributed by atoms with Gasteiger partial charge in [-0.3, -0.25) is 14.8 Å². The number of carbonyl (C=O) groups excluding carboxylic acids is 2. The maximum absolute atomic E-state index is 12.8. The standard InChI is InChI=1S/C29H27N9O5/c1-29(2,3)43-28(42)38-25(21-9-5-7-15-31-21)35-19-11-13-23(33-17-19)36-26(39)22-12-10-18(16-32-22)34-24(37-27(40)41)20-8-4-6-14-30-20/h4-17H,1-3H3,(H,34,37)(H,40,41)(H,33,36,39)(H,35,38,42). The second-order valence-electron chi connectivity index (χ2n) is 9.68. The first-order valence-electron chi connectivity index (χ1n) is 12.8. The van der Waals surface area contributed by atoms with E-state index in [-0.39, 0.29) is 23.2 Å². The van der Waals surface area contributed by atoms with Crippen molar-refractivity contribution in [1.29, 1.82) is 0 Å². The number of nitrogens with one attached hydrogen (secondary N) is 3. The highest BCUT2D eigenvalue weighted by molar-refractivity contribution is 6.11. The average Bonchev–Trinajstić information content (AvgIpc) is 2.97. The molecule has 4 N–H and O–H groups in total. The van der Waals surface area contributed by atoms with E-state index in [2.05, 4.69) is 45.9 Å². The molecular weight excluding hydrogens is 554 g/mol. The van der Waals surface area contributed by atoms with Gasteiger partial charge in [0.2, 0.25) is 0 Å². The van der Waals surface area contributed by atoms with Crippen LogP contribution in [0.5, 0.6) is 0 Å². The molecule has 14 heteroatoms.